The highest BCUT2D eigenvalue weighted by Gasteiger charge is 2.35. The SMILES string of the molecule is C=C(N)/C=C\C(N)=C1/CC(O)C2C=CC=C[C@@H]2C1=C. The first-order chi connectivity index (χ1) is 9.00. The van der Waals surface area contributed by atoms with Crippen molar-refractivity contribution in [2.75, 3.05) is 0 Å². The predicted octanol–water partition coefficient (Wildman–Crippen LogP) is 1.91. The molecule has 0 aromatic heterocycles. The van der Waals surface area contributed by atoms with E-state index in [1.807, 2.05) is 18.2 Å². The van der Waals surface area contributed by atoms with Gasteiger partial charge in [-0.1, -0.05) is 37.5 Å². The third kappa shape index (κ3) is 2.71. The summed E-state index contributed by atoms with van der Waals surface area (Å²) in [6, 6.07) is 0. The Morgan fingerprint density at radius 3 is 2.63 bits per heavy atom. The molecule has 2 aliphatic rings. The van der Waals surface area contributed by atoms with E-state index in [4.69, 9.17) is 11.5 Å². The van der Waals surface area contributed by atoms with Crippen LogP contribution in [-0.4, -0.2) is 11.2 Å². The summed E-state index contributed by atoms with van der Waals surface area (Å²) in [7, 11) is 0. The minimum absolute atomic E-state index is 0.0995. The van der Waals surface area contributed by atoms with Crippen molar-refractivity contribution in [1.82, 2.24) is 0 Å². The van der Waals surface area contributed by atoms with E-state index in [9.17, 15) is 5.11 Å². The first-order valence-corrected chi connectivity index (χ1v) is 6.34. The average molecular weight is 256 g/mol. The van der Waals surface area contributed by atoms with Gasteiger partial charge in [0.05, 0.1) is 6.10 Å². The lowest BCUT2D eigenvalue weighted by molar-refractivity contribution is 0.105. The molecule has 100 valence electrons. The standard InChI is InChI=1S/C16H20N2O/c1-10(17)7-8-15(18)14-9-16(19)13-6-4-3-5-12(13)11(14)2/h3-8,12-13,16,19H,1-2,9,17-18H2/b8-7-,15-14-/t12-,13?,16?/m1/s1. The van der Waals surface area contributed by atoms with Crippen molar-refractivity contribution < 1.29 is 5.11 Å². The monoisotopic (exact) mass is 256 g/mol. The zero-order valence-electron chi connectivity index (χ0n) is 10.9. The molecule has 5 N–H and O–H groups in total. The third-order valence-corrected chi connectivity index (χ3v) is 3.65. The molecule has 3 atom stereocenters. The average Bonchev–Trinajstić information content (AvgIpc) is 2.40. The van der Waals surface area contributed by atoms with E-state index in [0.717, 1.165) is 11.1 Å². The van der Waals surface area contributed by atoms with Gasteiger partial charge in [0.25, 0.3) is 0 Å². The summed E-state index contributed by atoms with van der Waals surface area (Å²) in [5, 5.41) is 10.2. The second-order valence-corrected chi connectivity index (χ2v) is 5.01. The molecule has 19 heavy (non-hydrogen) atoms. The molecule has 0 radical (unpaired) electrons. The lowest BCUT2D eigenvalue weighted by Gasteiger charge is -2.37. The molecule has 0 bridgehead atoms. The summed E-state index contributed by atoms with van der Waals surface area (Å²) < 4.78 is 0. The molecule has 2 aliphatic carbocycles. The van der Waals surface area contributed by atoms with Gasteiger partial charge >= 0.3 is 0 Å². The van der Waals surface area contributed by atoms with Gasteiger partial charge in [-0.3, -0.25) is 0 Å². The van der Waals surface area contributed by atoms with Crippen LogP contribution in [0.5, 0.6) is 0 Å². The molecule has 2 rings (SSSR count). The second-order valence-electron chi connectivity index (χ2n) is 5.01. The minimum atomic E-state index is -0.431. The maximum Gasteiger partial charge on any atom is 0.0652 e. The van der Waals surface area contributed by atoms with Gasteiger partial charge in [-0.25, -0.2) is 0 Å². The van der Waals surface area contributed by atoms with Crippen LogP contribution in [0.2, 0.25) is 0 Å². The Kier molecular flexibility index (Phi) is 3.76. The van der Waals surface area contributed by atoms with Crippen molar-refractivity contribution >= 4 is 0 Å². The maximum absolute atomic E-state index is 10.2. The third-order valence-electron chi connectivity index (χ3n) is 3.65. The van der Waals surface area contributed by atoms with E-state index in [0.29, 0.717) is 17.8 Å². The van der Waals surface area contributed by atoms with Gasteiger partial charge in [-0.2, -0.15) is 0 Å². The lowest BCUT2D eigenvalue weighted by Crippen LogP contribution is -2.34. The predicted molar refractivity (Wildman–Crippen MR) is 78.7 cm³/mol. The zero-order chi connectivity index (χ0) is 14.0. The van der Waals surface area contributed by atoms with Crippen molar-refractivity contribution in [2.45, 2.75) is 12.5 Å². The molecule has 2 unspecified atom stereocenters. The Morgan fingerprint density at radius 1 is 1.26 bits per heavy atom. The number of aliphatic hydroxyl groups excluding tert-OH is 1. The molecule has 0 amide bonds. The first-order valence-electron chi connectivity index (χ1n) is 6.34. The van der Waals surface area contributed by atoms with Crippen molar-refractivity contribution in [2.24, 2.45) is 23.3 Å². The van der Waals surface area contributed by atoms with Gasteiger partial charge in [0.15, 0.2) is 0 Å². The highest BCUT2D eigenvalue weighted by atomic mass is 16.3. The van der Waals surface area contributed by atoms with Crippen molar-refractivity contribution in [3.63, 3.8) is 0 Å². The minimum Gasteiger partial charge on any atom is -0.399 e. The Balaban J connectivity index is 2.31. The fourth-order valence-corrected chi connectivity index (χ4v) is 2.62. The van der Waals surface area contributed by atoms with E-state index < -0.39 is 6.10 Å². The lowest BCUT2D eigenvalue weighted by atomic mass is 9.70. The van der Waals surface area contributed by atoms with Crippen LogP contribution >= 0.6 is 0 Å². The van der Waals surface area contributed by atoms with Crippen LogP contribution in [0.25, 0.3) is 0 Å². The Morgan fingerprint density at radius 2 is 1.95 bits per heavy atom. The number of nitrogens with two attached hydrogens (primary N) is 2. The quantitative estimate of drug-likeness (QED) is 0.661. The summed E-state index contributed by atoms with van der Waals surface area (Å²) in [4.78, 5) is 0. The molecule has 0 aromatic rings. The van der Waals surface area contributed by atoms with E-state index in [2.05, 4.69) is 19.2 Å². The summed E-state index contributed by atoms with van der Waals surface area (Å²) in [6.45, 7) is 7.73. The Bertz CT molecular complexity index is 523. The Hall–Kier alpha value is -2.00. The van der Waals surface area contributed by atoms with Gasteiger partial charge in [-0.15, -0.1) is 0 Å². The molecule has 3 heteroatoms. The number of hydrogen-bond donors (Lipinski definition) is 3. The highest BCUT2D eigenvalue weighted by Crippen LogP contribution is 2.41. The molecule has 0 spiro atoms. The molecule has 0 saturated heterocycles. The molecule has 0 aromatic carbocycles. The van der Waals surface area contributed by atoms with Crippen LogP contribution in [0.1, 0.15) is 6.42 Å². The van der Waals surface area contributed by atoms with Gasteiger partial charge < -0.3 is 16.6 Å². The van der Waals surface area contributed by atoms with E-state index in [-0.39, 0.29) is 11.8 Å². The van der Waals surface area contributed by atoms with Crippen molar-refractivity contribution in [3.05, 3.63) is 72.2 Å². The van der Waals surface area contributed by atoms with Gasteiger partial charge in [0.1, 0.15) is 0 Å². The number of aliphatic hydroxyl groups is 1. The van der Waals surface area contributed by atoms with E-state index >= 15 is 0 Å². The molecular weight excluding hydrogens is 236 g/mol. The number of hydrogen-bond acceptors (Lipinski definition) is 3. The van der Waals surface area contributed by atoms with Crippen LogP contribution in [0.4, 0.5) is 0 Å². The topological polar surface area (TPSA) is 72.3 Å². The van der Waals surface area contributed by atoms with Crippen molar-refractivity contribution in [1.29, 1.82) is 0 Å². The molecule has 3 nitrogen and oxygen atoms in total. The van der Waals surface area contributed by atoms with Crippen LogP contribution in [0.15, 0.2) is 72.2 Å². The van der Waals surface area contributed by atoms with E-state index in [1.165, 1.54) is 0 Å². The number of rotatable bonds is 2. The van der Waals surface area contributed by atoms with Gasteiger partial charge in [-0.05, 0) is 23.3 Å². The smallest absolute Gasteiger partial charge is 0.0652 e. The Labute approximate surface area is 114 Å². The first kappa shape index (κ1) is 13.4. The summed E-state index contributed by atoms with van der Waals surface area (Å²) in [6.07, 6.45) is 11.5. The maximum atomic E-state index is 10.2. The summed E-state index contributed by atoms with van der Waals surface area (Å²) in [5.41, 5.74) is 14.5. The molecule has 0 heterocycles. The second kappa shape index (κ2) is 5.33. The number of allylic oxidation sites excluding steroid dienone is 6. The zero-order valence-corrected chi connectivity index (χ0v) is 10.9. The van der Waals surface area contributed by atoms with Gasteiger partial charge in [0.2, 0.25) is 0 Å². The fourth-order valence-electron chi connectivity index (χ4n) is 2.62. The van der Waals surface area contributed by atoms with Crippen LogP contribution in [-0.2, 0) is 0 Å². The largest absolute Gasteiger partial charge is 0.399 e. The molecule has 0 aliphatic heterocycles. The fraction of sp³-hybridized carbons (Fsp3) is 0.250. The summed E-state index contributed by atoms with van der Waals surface area (Å²) in [5.74, 6) is 0.222. The highest BCUT2D eigenvalue weighted by molar-refractivity contribution is 5.45. The normalized spacial score (nSPS) is 32.5. The van der Waals surface area contributed by atoms with Crippen LogP contribution < -0.4 is 11.5 Å². The molecule has 1 saturated carbocycles. The van der Waals surface area contributed by atoms with Crippen LogP contribution in [0, 0.1) is 11.8 Å². The molecular formula is C16H20N2O. The summed E-state index contributed by atoms with van der Waals surface area (Å²) >= 11 is 0. The number of fused-ring (bicyclic) bond motifs is 1. The molecule has 1 fully saturated rings. The van der Waals surface area contributed by atoms with E-state index in [1.54, 1.807) is 12.2 Å². The van der Waals surface area contributed by atoms with Crippen LogP contribution in [0.3, 0.4) is 0 Å². The van der Waals surface area contributed by atoms with Crippen molar-refractivity contribution in [3.8, 4) is 0 Å². The van der Waals surface area contributed by atoms with Gasteiger partial charge in [0, 0.05) is 29.7 Å².